The summed E-state index contributed by atoms with van der Waals surface area (Å²) in [6.45, 7) is 1.78. The minimum atomic E-state index is -0.117. The number of amides is 1. The number of benzene rings is 2. The molecule has 1 N–H and O–H groups in total. The van der Waals surface area contributed by atoms with Gasteiger partial charge in [0.1, 0.15) is 5.75 Å². The maximum absolute atomic E-state index is 12.2. The normalized spacial score (nSPS) is 10.5. The first-order chi connectivity index (χ1) is 11.1. The standard InChI is InChI=1S/C19H19NO3/c1-3-19(22)20-16-6-4-5-15(13-16)18(21)12-9-14-7-10-17(23-2)11-8-14/h4-13H,3H2,1-2H3,(H,20,22)/b12-9-. The third-order valence-electron chi connectivity index (χ3n) is 3.29. The van der Waals surface area contributed by atoms with Crippen LogP contribution in [0, 0.1) is 0 Å². The van der Waals surface area contributed by atoms with Crippen LogP contribution in [0.4, 0.5) is 5.69 Å². The van der Waals surface area contributed by atoms with Gasteiger partial charge in [0, 0.05) is 17.7 Å². The van der Waals surface area contributed by atoms with E-state index in [0.717, 1.165) is 11.3 Å². The predicted molar refractivity (Wildman–Crippen MR) is 91.7 cm³/mol. The van der Waals surface area contributed by atoms with Crippen molar-refractivity contribution in [1.29, 1.82) is 0 Å². The minimum Gasteiger partial charge on any atom is -0.497 e. The van der Waals surface area contributed by atoms with Crippen molar-refractivity contribution in [1.82, 2.24) is 0 Å². The van der Waals surface area contributed by atoms with Crippen LogP contribution in [0.3, 0.4) is 0 Å². The van der Waals surface area contributed by atoms with E-state index < -0.39 is 0 Å². The molecule has 0 aliphatic carbocycles. The van der Waals surface area contributed by atoms with E-state index in [0.29, 0.717) is 17.7 Å². The second kappa shape index (κ2) is 7.94. The Balaban J connectivity index is 2.08. The minimum absolute atomic E-state index is 0.0802. The first-order valence-corrected chi connectivity index (χ1v) is 7.38. The van der Waals surface area contributed by atoms with Gasteiger partial charge in [-0.15, -0.1) is 0 Å². The van der Waals surface area contributed by atoms with Crippen molar-refractivity contribution in [2.24, 2.45) is 0 Å². The number of anilines is 1. The van der Waals surface area contributed by atoms with E-state index in [-0.39, 0.29) is 11.7 Å². The Morgan fingerprint density at radius 2 is 1.87 bits per heavy atom. The van der Waals surface area contributed by atoms with Crippen molar-refractivity contribution >= 4 is 23.5 Å². The maximum Gasteiger partial charge on any atom is 0.224 e. The van der Waals surface area contributed by atoms with Crippen LogP contribution < -0.4 is 10.1 Å². The zero-order chi connectivity index (χ0) is 16.7. The monoisotopic (exact) mass is 309 g/mol. The molecule has 0 atom stereocenters. The van der Waals surface area contributed by atoms with E-state index in [9.17, 15) is 9.59 Å². The average Bonchev–Trinajstić information content (AvgIpc) is 2.60. The average molecular weight is 309 g/mol. The lowest BCUT2D eigenvalue weighted by atomic mass is 10.1. The molecule has 0 bridgehead atoms. The number of ketones is 1. The fraction of sp³-hybridized carbons (Fsp3) is 0.158. The van der Waals surface area contributed by atoms with Crippen LogP contribution in [0.5, 0.6) is 5.75 Å². The molecule has 0 radical (unpaired) electrons. The third-order valence-corrected chi connectivity index (χ3v) is 3.29. The summed E-state index contributed by atoms with van der Waals surface area (Å²) in [5.74, 6) is 0.574. The largest absolute Gasteiger partial charge is 0.497 e. The van der Waals surface area contributed by atoms with Gasteiger partial charge >= 0.3 is 0 Å². The molecule has 0 unspecified atom stereocenters. The van der Waals surface area contributed by atoms with Crippen LogP contribution >= 0.6 is 0 Å². The van der Waals surface area contributed by atoms with Crippen LogP contribution in [0.1, 0.15) is 29.3 Å². The highest BCUT2D eigenvalue weighted by Crippen LogP contribution is 2.15. The number of allylic oxidation sites excluding steroid dienone is 1. The molecule has 4 nitrogen and oxygen atoms in total. The molecule has 4 heteroatoms. The molecule has 0 fully saturated rings. The maximum atomic E-state index is 12.2. The van der Waals surface area contributed by atoms with Crippen molar-refractivity contribution in [3.05, 3.63) is 65.7 Å². The van der Waals surface area contributed by atoms with E-state index in [1.165, 1.54) is 6.08 Å². The molecule has 0 aliphatic heterocycles. The number of ether oxygens (including phenoxy) is 1. The summed E-state index contributed by atoms with van der Waals surface area (Å²) in [4.78, 5) is 23.6. The molecule has 118 valence electrons. The first-order valence-electron chi connectivity index (χ1n) is 7.38. The van der Waals surface area contributed by atoms with Gasteiger partial charge in [-0.3, -0.25) is 9.59 Å². The molecule has 0 spiro atoms. The van der Waals surface area contributed by atoms with Gasteiger partial charge in [-0.25, -0.2) is 0 Å². The number of methoxy groups -OCH3 is 1. The third kappa shape index (κ3) is 4.81. The fourth-order valence-electron chi connectivity index (χ4n) is 1.98. The van der Waals surface area contributed by atoms with Gasteiger partial charge in [-0.2, -0.15) is 0 Å². The molecule has 0 heterocycles. The molecule has 2 aromatic carbocycles. The van der Waals surface area contributed by atoms with E-state index in [2.05, 4.69) is 5.32 Å². The molecular weight excluding hydrogens is 290 g/mol. The SMILES string of the molecule is CCC(=O)Nc1cccc(C(=O)/C=C\c2ccc(OC)cc2)c1. The zero-order valence-electron chi connectivity index (χ0n) is 13.2. The summed E-state index contributed by atoms with van der Waals surface area (Å²) >= 11 is 0. The van der Waals surface area contributed by atoms with Gasteiger partial charge in [-0.1, -0.05) is 37.3 Å². The molecule has 0 saturated carbocycles. The summed E-state index contributed by atoms with van der Waals surface area (Å²) in [7, 11) is 1.61. The Labute approximate surface area is 135 Å². The lowest BCUT2D eigenvalue weighted by molar-refractivity contribution is -0.115. The Kier molecular flexibility index (Phi) is 5.69. The summed E-state index contributed by atoms with van der Waals surface area (Å²) in [6.07, 6.45) is 3.66. The smallest absolute Gasteiger partial charge is 0.224 e. The summed E-state index contributed by atoms with van der Waals surface area (Å²) in [5, 5.41) is 2.74. The van der Waals surface area contributed by atoms with E-state index in [1.54, 1.807) is 44.4 Å². The van der Waals surface area contributed by atoms with Crippen LogP contribution in [0.25, 0.3) is 6.08 Å². The molecule has 1 amide bonds. The van der Waals surface area contributed by atoms with Gasteiger partial charge in [0.15, 0.2) is 5.78 Å². The fourth-order valence-corrected chi connectivity index (χ4v) is 1.98. The predicted octanol–water partition coefficient (Wildman–Crippen LogP) is 3.94. The lowest BCUT2D eigenvalue weighted by Crippen LogP contribution is -2.09. The molecule has 23 heavy (non-hydrogen) atoms. The Hall–Kier alpha value is -2.88. The van der Waals surface area contributed by atoms with Crippen LogP contribution in [0.15, 0.2) is 54.6 Å². The number of rotatable bonds is 6. The molecule has 0 saturated heterocycles. The highest BCUT2D eigenvalue weighted by molar-refractivity contribution is 6.07. The van der Waals surface area contributed by atoms with Crippen molar-refractivity contribution in [3.63, 3.8) is 0 Å². The highest BCUT2D eigenvalue weighted by Gasteiger charge is 2.04. The first kappa shape index (κ1) is 16.5. The molecule has 2 aromatic rings. The second-order valence-electron chi connectivity index (χ2n) is 4.95. The van der Waals surface area contributed by atoms with Gasteiger partial charge in [-0.05, 0) is 35.9 Å². The molecule has 0 aliphatic rings. The summed E-state index contributed by atoms with van der Waals surface area (Å²) in [6, 6.07) is 14.3. The number of nitrogens with one attached hydrogen (secondary N) is 1. The Morgan fingerprint density at radius 3 is 2.52 bits per heavy atom. The Morgan fingerprint density at radius 1 is 1.13 bits per heavy atom. The van der Waals surface area contributed by atoms with Gasteiger partial charge in [0.25, 0.3) is 0 Å². The lowest BCUT2D eigenvalue weighted by Gasteiger charge is -2.04. The topological polar surface area (TPSA) is 55.4 Å². The number of carbonyl (C=O) groups excluding carboxylic acids is 2. The van der Waals surface area contributed by atoms with Crippen LogP contribution in [-0.2, 0) is 4.79 Å². The van der Waals surface area contributed by atoms with Crippen LogP contribution in [0.2, 0.25) is 0 Å². The van der Waals surface area contributed by atoms with Gasteiger partial charge in [0.2, 0.25) is 5.91 Å². The van der Waals surface area contributed by atoms with E-state index in [1.807, 2.05) is 24.3 Å². The summed E-state index contributed by atoms with van der Waals surface area (Å²) < 4.78 is 5.09. The van der Waals surface area contributed by atoms with Crippen LogP contribution in [-0.4, -0.2) is 18.8 Å². The van der Waals surface area contributed by atoms with Gasteiger partial charge < -0.3 is 10.1 Å². The van der Waals surface area contributed by atoms with E-state index in [4.69, 9.17) is 4.74 Å². The Bertz CT molecular complexity index is 718. The molecular formula is C19H19NO3. The number of hydrogen-bond donors (Lipinski definition) is 1. The number of carbonyl (C=O) groups is 2. The van der Waals surface area contributed by atoms with Crippen molar-refractivity contribution < 1.29 is 14.3 Å². The summed E-state index contributed by atoms with van der Waals surface area (Å²) in [5.41, 5.74) is 2.07. The highest BCUT2D eigenvalue weighted by atomic mass is 16.5. The van der Waals surface area contributed by atoms with Gasteiger partial charge in [0.05, 0.1) is 7.11 Å². The van der Waals surface area contributed by atoms with Crippen molar-refractivity contribution in [2.75, 3.05) is 12.4 Å². The second-order valence-corrected chi connectivity index (χ2v) is 4.95. The molecule has 0 aromatic heterocycles. The zero-order valence-corrected chi connectivity index (χ0v) is 13.2. The number of hydrogen-bond acceptors (Lipinski definition) is 3. The molecule has 2 rings (SSSR count). The van der Waals surface area contributed by atoms with Crippen molar-refractivity contribution in [3.8, 4) is 5.75 Å². The quantitative estimate of drug-likeness (QED) is 0.649. The van der Waals surface area contributed by atoms with Crippen molar-refractivity contribution in [2.45, 2.75) is 13.3 Å². The van der Waals surface area contributed by atoms with E-state index >= 15 is 0 Å².